The van der Waals surface area contributed by atoms with Crippen molar-refractivity contribution in [1.29, 1.82) is 0 Å². The SMILES string of the molecule is Cn1nc(CC(=O)N2CCCC(C(=O)NC3CC3)C2)c2ccccc2c1=O. The topological polar surface area (TPSA) is 84.3 Å². The molecule has 142 valence electrons. The van der Waals surface area contributed by atoms with Crippen LogP contribution in [0.25, 0.3) is 10.8 Å². The highest BCUT2D eigenvalue weighted by atomic mass is 16.2. The van der Waals surface area contributed by atoms with E-state index in [1.807, 2.05) is 18.2 Å². The maximum absolute atomic E-state index is 12.9. The third kappa shape index (κ3) is 3.72. The molecular weight excluding hydrogens is 344 g/mol. The standard InChI is InChI=1S/C20H24N4O3/c1-23-20(27)16-7-3-2-6-15(16)17(22-23)11-18(25)24-10-4-5-13(12-24)19(26)21-14-8-9-14/h2-3,6-7,13-14H,4-5,8-12H2,1H3,(H,21,26). The highest BCUT2D eigenvalue weighted by Crippen LogP contribution is 2.23. The van der Waals surface area contributed by atoms with Crippen LogP contribution >= 0.6 is 0 Å². The Morgan fingerprint density at radius 2 is 1.93 bits per heavy atom. The molecule has 1 aliphatic heterocycles. The van der Waals surface area contributed by atoms with Crippen LogP contribution < -0.4 is 10.9 Å². The van der Waals surface area contributed by atoms with E-state index in [4.69, 9.17) is 0 Å². The second-order valence-electron chi connectivity index (χ2n) is 7.56. The van der Waals surface area contributed by atoms with Crippen LogP contribution in [-0.4, -0.2) is 45.6 Å². The molecule has 1 aliphatic carbocycles. The summed E-state index contributed by atoms with van der Waals surface area (Å²) in [5, 5.41) is 8.64. The molecule has 27 heavy (non-hydrogen) atoms. The van der Waals surface area contributed by atoms with Gasteiger partial charge in [0, 0.05) is 31.6 Å². The number of piperidine rings is 1. The van der Waals surface area contributed by atoms with E-state index < -0.39 is 0 Å². The van der Waals surface area contributed by atoms with Gasteiger partial charge in [0.15, 0.2) is 0 Å². The molecular formula is C20H24N4O3. The van der Waals surface area contributed by atoms with E-state index >= 15 is 0 Å². The van der Waals surface area contributed by atoms with Crippen molar-refractivity contribution >= 4 is 22.6 Å². The van der Waals surface area contributed by atoms with Gasteiger partial charge in [0.25, 0.3) is 5.56 Å². The molecule has 0 spiro atoms. The monoisotopic (exact) mass is 368 g/mol. The number of amides is 2. The fourth-order valence-corrected chi connectivity index (χ4v) is 3.73. The minimum Gasteiger partial charge on any atom is -0.353 e. The average molecular weight is 368 g/mol. The minimum atomic E-state index is -0.170. The number of aryl methyl sites for hydroxylation is 1. The van der Waals surface area contributed by atoms with E-state index in [9.17, 15) is 14.4 Å². The first-order valence-electron chi connectivity index (χ1n) is 9.56. The Bertz CT molecular complexity index is 948. The molecule has 0 radical (unpaired) electrons. The molecule has 4 rings (SSSR count). The molecule has 2 aliphatic rings. The molecule has 1 saturated heterocycles. The first-order chi connectivity index (χ1) is 13.0. The van der Waals surface area contributed by atoms with Crippen molar-refractivity contribution in [2.24, 2.45) is 13.0 Å². The predicted octanol–water partition coefficient (Wildman–Crippen LogP) is 0.993. The summed E-state index contributed by atoms with van der Waals surface area (Å²) in [6.45, 7) is 1.12. The largest absolute Gasteiger partial charge is 0.353 e. The molecule has 1 atom stereocenters. The Kier molecular flexibility index (Phi) is 4.68. The predicted molar refractivity (Wildman–Crippen MR) is 101 cm³/mol. The highest BCUT2D eigenvalue weighted by molar-refractivity contribution is 5.89. The first kappa shape index (κ1) is 17.7. The van der Waals surface area contributed by atoms with Crippen LogP contribution in [0.15, 0.2) is 29.1 Å². The fourth-order valence-electron chi connectivity index (χ4n) is 3.73. The lowest BCUT2D eigenvalue weighted by Crippen LogP contribution is -2.46. The zero-order valence-corrected chi connectivity index (χ0v) is 15.5. The lowest BCUT2D eigenvalue weighted by molar-refractivity contribution is -0.135. The Morgan fingerprint density at radius 1 is 1.19 bits per heavy atom. The van der Waals surface area contributed by atoms with Gasteiger partial charge in [-0.25, -0.2) is 4.68 Å². The summed E-state index contributed by atoms with van der Waals surface area (Å²) in [4.78, 5) is 39.2. The van der Waals surface area contributed by atoms with E-state index in [1.54, 1.807) is 18.0 Å². The van der Waals surface area contributed by atoms with Gasteiger partial charge in [0.05, 0.1) is 23.4 Å². The molecule has 2 heterocycles. The van der Waals surface area contributed by atoms with E-state index in [0.29, 0.717) is 35.6 Å². The number of hydrogen-bond acceptors (Lipinski definition) is 4. The molecule has 2 fully saturated rings. The van der Waals surface area contributed by atoms with E-state index in [1.165, 1.54) is 4.68 Å². The van der Waals surface area contributed by atoms with Gasteiger partial charge in [-0.15, -0.1) is 0 Å². The fraction of sp³-hybridized carbons (Fsp3) is 0.500. The maximum Gasteiger partial charge on any atom is 0.274 e. The summed E-state index contributed by atoms with van der Waals surface area (Å²) in [5.74, 6) is -0.107. The molecule has 2 aromatic rings. The van der Waals surface area contributed by atoms with Crippen LogP contribution in [0.5, 0.6) is 0 Å². The number of nitrogens with zero attached hydrogens (tertiary/aromatic N) is 3. The van der Waals surface area contributed by atoms with Crippen molar-refractivity contribution in [1.82, 2.24) is 20.0 Å². The van der Waals surface area contributed by atoms with Gasteiger partial charge in [-0.1, -0.05) is 18.2 Å². The van der Waals surface area contributed by atoms with Gasteiger partial charge in [0.1, 0.15) is 0 Å². The average Bonchev–Trinajstić information content (AvgIpc) is 3.50. The number of aromatic nitrogens is 2. The Labute approximate surface area is 157 Å². The van der Waals surface area contributed by atoms with Crippen molar-refractivity contribution < 1.29 is 9.59 Å². The van der Waals surface area contributed by atoms with Crippen molar-refractivity contribution in [3.63, 3.8) is 0 Å². The van der Waals surface area contributed by atoms with Crippen molar-refractivity contribution in [2.75, 3.05) is 13.1 Å². The summed E-state index contributed by atoms with van der Waals surface area (Å²) in [6.07, 6.45) is 3.91. The molecule has 0 bridgehead atoms. The van der Waals surface area contributed by atoms with Crippen LogP contribution in [0.4, 0.5) is 0 Å². The zero-order chi connectivity index (χ0) is 19.0. The maximum atomic E-state index is 12.9. The second-order valence-corrected chi connectivity index (χ2v) is 7.56. The molecule has 2 amide bonds. The van der Waals surface area contributed by atoms with Gasteiger partial charge in [-0.3, -0.25) is 14.4 Å². The normalized spacial score (nSPS) is 19.9. The van der Waals surface area contributed by atoms with E-state index in [2.05, 4.69) is 10.4 Å². The number of carbonyl (C=O) groups is 2. The van der Waals surface area contributed by atoms with Crippen LogP contribution in [-0.2, 0) is 23.1 Å². The van der Waals surface area contributed by atoms with Crippen molar-refractivity contribution in [2.45, 2.75) is 38.1 Å². The summed E-state index contributed by atoms with van der Waals surface area (Å²) < 4.78 is 1.28. The van der Waals surface area contributed by atoms with Gasteiger partial charge < -0.3 is 10.2 Å². The smallest absolute Gasteiger partial charge is 0.274 e. The van der Waals surface area contributed by atoms with E-state index in [0.717, 1.165) is 25.7 Å². The number of nitrogens with one attached hydrogen (secondary N) is 1. The number of hydrogen-bond donors (Lipinski definition) is 1. The van der Waals surface area contributed by atoms with Gasteiger partial charge in [-0.05, 0) is 31.7 Å². The molecule has 1 saturated carbocycles. The van der Waals surface area contributed by atoms with Gasteiger partial charge in [-0.2, -0.15) is 5.10 Å². The Hall–Kier alpha value is -2.70. The number of likely N-dealkylation sites (tertiary alicyclic amines) is 1. The number of carbonyl (C=O) groups excluding carboxylic acids is 2. The molecule has 7 heteroatoms. The first-order valence-corrected chi connectivity index (χ1v) is 9.56. The third-order valence-corrected chi connectivity index (χ3v) is 5.42. The molecule has 1 aromatic heterocycles. The summed E-state index contributed by atoms with van der Waals surface area (Å²) >= 11 is 0. The number of fused-ring (bicyclic) bond motifs is 1. The Balaban J connectivity index is 1.50. The molecule has 7 nitrogen and oxygen atoms in total. The Morgan fingerprint density at radius 3 is 2.67 bits per heavy atom. The molecule has 1 aromatic carbocycles. The lowest BCUT2D eigenvalue weighted by Gasteiger charge is -2.32. The van der Waals surface area contributed by atoms with Crippen molar-refractivity contribution in [3.05, 3.63) is 40.3 Å². The van der Waals surface area contributed by atoms with Crippen LogP contribution in [0.3, 0.4) is 0 Å². The molecule has 1 unspecified atom stereocenters. The molecule has 1 N–H and O–H groups in total. The summed E-state index contributed by atoms with van der Waals surface area (Å²) in [6, 6.07) is 7.57. The van der Waals surface area contributed by atoms with Gasteiger partial charge >= 0.3 is 0 Å². The summed E-state index contributed by atoms with van der Waals surface area (Å²) in [7, 11) is 1.60. The van der Waals surface area contributed by atoms with Gasteiger partial charge in [0.2, 0.25) is 11.8 Å². The zero-order valence-electron chi connectivity index (χ0n) is 15.5. The van der Waals surface area contributed by atoms with Crippen LogP contribution in [0.1, 0.15) is 31.4 Å². The van der Waals surface area contributed by atoms with Crippen LogP contribution in [0, 0.1) is 5.92 Å². The quantitative estimate of drug-likeness (QED) is 0.872. The number of rotatable bonds is 4. The minimum absolute atomic E-state index is 0.0461. The van der Waals surface area contributed by atoms with Crippen LogP contribution in [0.2, 0.25) is 0 Å². The number of benzene rings is 1. The lowest BCUT2D eigenvalue weighted by atomic mass is 9.96. The van der Waals surface area contributed by atoms with E-state index in [-0.39, 0.29) is 29.7 Å². The van der Waals surface area contributed by atoms with Crippen molar-refractivity contribution in [3.8, 4) is 0 Å². The second kappa shape index (κ2) is 7.13. The third-order valence-electron chi connectivity index (χ3n) is 5.42. The highest BCUT2D eigenvalue weighted by Gasteiger charge is 2.32. The summed E-state index contributed by atoms with van der Waals surface area (Å²) in [5.41, 5.74) is 0.429.